The lowest BCUT2D eigenvalue weighted by Gasteiger charge is -2.42. The zero-order valence-electron chi connectivity index (χ0n) is 23.0. The van der Waals surface area contributed by atoms with Gasteiger partial charge in [-0.2, -0.15) is 0 Å². The van der Waals surface area contributed by atoms with Crippen LogP contribution < -0.4 is 9.47 Å². The molecule has 3 heterocycles. The van der Waals surface area contributed by atoms with E-state index in [9.17, 15) is 9.90 Å². The molecular weight excluding hydrogens is 494 g/mol. The maximum Gasteiger partial charge on any atom is 0.257 e. The first-order valence-corrected chi connectivity index (χ1v) is 14.5. The standard InChI is InChI=1S/C31H41N3O5/c1-32(25-20-37-21-25)24-6-8-27(9-7-24)39-28-10-11-29-30(16-28)38-15-14-34(31(29)36)19-26(35)18-33-13-12-22-4-2-3-5-23(22)17-33/h2-5,10-11,16,24-27,35H,6-9,12-15,17-21H2,1H3. The summed E-state index contributed by atoms with van der Waals surface area (Å²) in [5, 5.41) is 10.9. The second-order valence-electron chi connectivity index (χ2n) is 11.6. The maximum atomic E-state index is 13.4. The Balaban J connectivity index is 1.01. The van der Waals surface area contributed by atoms with Crippen LogP contribution in [0, 0.1) is 0 Å². The number of hydrogen-bond donors (Lipinski definition) is 1. The molecule has 8 heteroatoms. The molecule has 8 nitrogen and oxygen atoms in total. The lowest BCUT2D eigenvalue weighted by molar-refractivity contribution is -0.0765. The largest absolute Gasteiger partial charge is 0.491 e. The number of rotatable bonds is 8. The van der Waals surface area contributed by atoms with Crippen LogP contribution in [0.15, 0.2) is 42.5 Å². The van der Waals surface area contributed by atoms with Gasteiger partial charge in [0.25, 0.3) is 5.91 Å². The van der Waals surface area contributed by atoms with Crippen LogP contribution in [-0.4, -0.2) is 103 Å². The van der Waals surface area contributed by atoms with Crippen LogP contribution in [-0.2, 0) is 17.7 Å². The van der Waals surface area contributed by atoms with Gasteiger partial charge in [-0.15, -0.1) is 0 Å². The summed E-state index contributed by atoms with van der Waals surface area (Å²) in [7, 11) is 2.22. The van der Waals surface area contributed by atoms with E-state index in [1.807, 2.05) is 18.2 Å². The highest BCUT2D eigenvalue weighted by Crippen LogP contribution is 2.32. The van der Waals surface area contributed by atoms with Crippen molar-refractivity contribution in [1.29, 1.82) is 0 Å². The van der Waals surface area contributed by atoms with E-state index in [2.05, 4.69) is 41.1 Å². The van der Waals surface area contributed by atoms with Crippen LogP contribution in [0.4, 0.5) is 0 Å². The quantitative estimate of drug-likeness (QED) is 0.557. The second-order valence-corrected chi connectivity index (χ2v) is 11.6. The number of hydrogen-bond acceptors (Lipinski definition) is 7. The summed E-state index contributed by atoms with van der Waals surface area (Å²) in [5.41, 5.74) is 3.25. The van der Waals surface area contributed by atoms with E-state index in [0.717, 1.165) is 64.2 Å². The Morgan fingerprint density at radius 2 is 1.82 bits per heavy atom. The number of carbonyl (C=O) groups is 1. The van der Waals surface area contributed by atoms with Crippen molar-refractivity contribution in [3.8, 4) is 11.5 Å². The third-order valence-electron chi connectivity index (χ3n) is 8.92. The molecule has 0 spiro atoms. The van der Waals surface area contributed by atoms with Crippen LogP contribution in [0.1, 0.15) is 47.2 Å². The third-order valence-corrected chi connectivity index (χ3v) is 8.92. The second kappa shape index (κ2) is 11.8. The molecule has 210 valence electrons. The lowest BCUT2D eigenvalue weighted by atomic mass is 9.91. The summed E-state index contributed by atoms with van der Waals surface area (Å²) in [4.78, 5) is 19.9. The molecule has 1 atom stereocenters. The fourth-order valence-corrected chi connectivity index (χ4v) is 6.42. The number of amides is 1. The molecule has 1 unspecified atom stereocenters. The fourth-order valence-electron chi connectivity index (χ4n) is 6.42. The molecule has 6 rings (SSSR count). The smallest absolute Gasteiger partial charge is 0.257 e. The van der Waals surface area contributed by atoms with Gasteiger partial charge >= 0.3 is 0 Å². The number of likely N-dealkylation sites (N-methyl/N-ethyl adjacent to an activating group) is 1. The lowest BCUT2D eigenvalue weighted by Crippen LogP contribution is -2.52. The number of aliphatic hydroxyl groups excluding tert-OH is 1. The Morgan fingerprint density at radius 1 is 1.03 bits per heavy atom. The molecule has 2 aromatic carbocycles. The van der Waals surface area contributed by atoms with Crippen molar-refractivity contribution in [3.05, 3.63) is 59.2 Å². The molecule has 3 aliphatic heterocycles. The molecule has 2 fully saturated rings. The molecule has 0 radical (unpaired) electrons. The van der Waals surface area contributed by atoms with Gasteiger partial charge in [0.05, 0.1) is 43.6 Å². The van der Waals surface area contributed by atoms with E-state index >= 15 is 0 Å². The molecular formula is C31H41N3O5. The van der Waals surface area contributed by atoms with Gasteiger partial charge in [-0.05, 0) is 62.4 Å². The number of nitrogens with zero attached hydrogens (tertiary/aromatic N) is 3. The number of carbonyl (C=O) groups excluding carboxylic acids is 1. The normalized spacial score (nSPS) is 24.8. The van der Waals surface area contributed by atoms with Crippen LogP contribution >= 0.6 is 0 Å². The van der Waals surface area contributed by atoms with Crippen LogP contribution in [0.2, 0.25) is 0 Å². The summed E-state index contributed by atoms with van der Waals surface area (Å²) >= 11 is 0. The summed E-state index contributed by atoms with van der Waals surface area (Å²) in [5.74, 6) is 1.23. The van der Waals surface area contributed by atoms with Crippen molar-refractivity contribution in [2.24, 2.45) is 0 Å². The van der Waals surface area contributed by atoms with Crippen LogP contribution in [0.25, 0.3) is 0 Å². The van der Waals surface area contributed by atoms with E-state index in [4.69, 9.17) is 14.2 Å². The Bertz CT molecular complexity index is 1150. The molecule has 1 saturated heterocycles. The average molecular weight is 536 g/mol. The minimum absolute atomic E-state index is 0.0967. The van der Waals surface area contributed by atoms with E-state index in [-0.39, 0.29) is 12.0 Å². The zero-order chi connectivity index (χ0) is 26.8. The summed E-state index contributed by atoms with van der Waals surface area (Å²) in [6.45, 7) is 5.15. The van der Waals surface area contributed by atoms with E-state index in [1.54, 1.807) is 4.90 Å². The van der Waals surface area contributed by atoms with Gasteiger partial charge < -0.3 is 24.2 Å². The minimum Gasteiger partial charge on any atom is -0.491 e. The topological polar surface area (TPSA) is 74.7 Å². The van der Waals surface area contributed by atoms with Crippen LogP contribution in [0.5, 0.6) is 11.5 Å². The van der Waals surface area contributed by atoms with Gasteiger partial charge in [-0.1, -0.05) is 24.3 Å². The van der Waals surface area contributed by atoms with Gasteiger partial charge in [-0.3, -0.25) is 14.6 Å². The van der Waals surface area contributed by atoms with Crippen LogP contribution in [0.3, 0.4) is 0 Å². The van der Waals surface area contributed by atoms with Gasteiger partial charge in [0.2, 0.25) is 0 Å². The third kappa shape index (κ3) is 6.09. The molecule has 2 aromatic rings. The predicted molar refractivity (Wildman–Crippen MR) is 148 cm³/mol. The van der Waals surface area contributed by atoms with Crippen molar-refractivity contribution < 1.29 is 24.1 Å². The SMILES string of the molecule is CN(C1CCC(Oc2ccc3c(c2)OCCN(CC(O)CN2CCc4ccccc4C2)C3=O)CC1)C1COC1. The number of benzene rings is 2. The number of aliphatic hydroxyl groups is 1. The van der Waals surface area contributed by atoms with Gasteiger partial charge in [0, 0.05) is 38.3 Å². The van der Waals surface area contributed by atoms with E-state index < -0.39 is 6.10 Å². The van der Waals surface area contributed by atoms with E-state index in [0.29, 0.717) is 49.6 Å². The molecule has 39 heavy (non-hydrogen) atoms. The van der Waals surface area contributed by atoms with Gasteiger partial charge in [0.1, 0.15) is 18.1 Å². The molecule has 4 aliphatic rings. The first-order valence-electron chi connectivity index (χ1n) is 14.5. The van der Waals surface area contributed by atoms with E-state index in [1.165, 1.54) is 11.1 Å². The Kier molecular flexibility index (Phi) is 8.07. The molecule has 1 amide bonds. The first kappa shape index (κ1) is 26.6. The molecule has 1 aliphatic carbocycles. The Morgan fingerprint density at radius 3 is 2.59 bits per heavy atom. The van der Waals surface area contributed by atoms with Crippen molar-refractivity contribution in [2.45, 2.75) is 62.9 Å². The summed E-state index contributed by atoms with van der Waals surface area (Å²) < 4.78 is 17.7. The van der Waals surface area contributed by atoms with Crippen molar-refractivity contribution >= 4 is 5.91 Å². The van der Waals surface area contributed by atoms with Gasteiger partial charge in [-0.25, -0.2) is 0 Å². The van der Waals surface area contributed by atoms with Gasteiger partial charge in [0.15, 0.2) is 0 Å². The van der Waals surface area contributed by atoms with Crippen molar-refractivity contribution in [2.75, 3.05) is 53.0 Å². The first-order chi connectivity index (χ1) is 19.0. The van der Waals surface area contributed by atoms with Crippen molar-refractivity contribution in [1.82, 2.24) is 14.7 Å². The van der Waals surface area contributed by atoms with Crippen molar-refractivity contribution in [3.63, 3.8) is 0 Å². The molecule has 1 N–H and O–H groups in total. The monoisotopic (exact) mass is 535 g/mol. The molecule has 0 aromatic heterocycles. The maximum absolute atomic E-state index is 13.4. The fraction of sp³-hybridized carbons (Fsp3) is 0.581. The highest BCUT2D eigenvalue weighted by molar-refractivity contribution is 5.97. The average Bonchev–Trinajstić information content (AvgIpc) is 3.06. The summed E-state index contributed by atoms with van der Waals surface area (Å²) in [6, 6.07) is 15.2. The predicted octanol–water partition coefficient (Wildman–Crippen LogP) is 2.96. The minimum atomic E-state index is -0.616. The summed E-state index contributed by atoms with van der Waals surface area (Å²) in [6.07, 6.45) is 4.85. The highest BCUT2D eigenvalue weighted by Gasteiger charge is 2.32. The Labute approximate surface area is 231 Å². The Hall–Kier alpha value is -2.65. The highest BCUT2D eigenvalue weighted by atomic mass is 16.5. The number of β-amino-alcohol motifs (C(OH)–C–C–N with tert-alkyl or cyclic N) is 1. The molecule has 1 saturated carbocycles. The number of ether oxygens (including phenoxy) is 3. The molecule has 0 bridgehead atoms. The zero-order valence-corrected chi connectivity index (χ0v) is 23.0. The number of fused-ring (bicyclic) bond motifs is 2.